The summed E-state index contributed by atoms with van der Waals surface area (Å²) in [5.41, 5.74) is 5.68. The molecule has 0 aromatic carbocycles. The van der Waals surface area contributed by atoms with Crippen molar-refractivity contribution in [1.29, 1.82) is 0 Å². The molecule has 0 atom stereocenters. The molecular formula is C14H20N2O3. The number of nitrogens with zero attached hydrogens (tertiary/aromatic N) is 1. The molecule has 1 amide bonds. The molecule has 1 aromatic heterocycles. The molecule has 1 saturated carbocycles. The second kappa shape index (κ2) is 5.27. The zero-order valence-corrected chi connectivity index (χ0v) is 11.4. The summed E-state index contributed by atoms with van der Waals surface area (Å²) >= 11 is 0. The summed E-state index contributed by atoms with van der Waals surface area (Å²) in [5, 5.41) is 0. The largest absolute Gasteiger partial charge is 0.369 e. The van der Waals surface area contributed by atoms with E-state index in [9.17, 15) is 4.79 Å². The van der Waals surface area contributed by atoms with Crippen LogP contribution in [0.2, 0.25) is 0 Å². The molecule has 1 aliphatic rings. The van der Waals surface area contributed by atoms with Crippen molar-refractivity contribution in [3.05, 3.63) is 30.1 Å². The number of carbonyl (C=O) groups is 1. The van der Waals surface area contributed by atoms with Crippen LogP contribution in [0.1, 0.15) is 31.4 Å². The Hall–Kier alpha value is -1.46. The van der Waals surface area contributed by atoms with Crippen molar-refractivity contribution >= 4 is 5.91 Å². The maximum Gasteiger partial charge on any atom is 0.229 e. The van der Waals surface area contributed by atoms with Gasteiger partial charge in [-0.3, -0.25) is 9.78 Å². The van der Waals surface area contributed by atoms with Crippen LogP contribution in [0.25, 0.3) is 0 Å². The highest BCUT2D eigenvalue weighted by atomic mass is 16.7. The molecule has 1 heterocycles. The fraction of sp³-hybridized carbons (Fsp3) is 0.571. The number of amides is 1. The highest BCUT2D eigenvalue weighted by Gasteiger charge is 2.48. The van der Waals surface area contributed by atoms with Crippen LogP contribution in [-0.4, -0.2) is 30.9 Å². The molecule has 1 aliphatic carbocycles. The minimum atomic E-state index is -0.707. The Bertz CT molecular complexity index is 433. The van der Waals surface area contributed by atoms with E-state index in [0.717, 1.165) is 5.69 Å². The van der Waals surface area contributed by atoms with Crippen molar-refractivity contribution in [1.82, 2.24) is 4.98 Å². The Labute approximate surface area is 113 Å². The van der Waals surface area contributed by atoms with Crippen molar-refractivity contribution < 1.29 is 14.3 Å². The number of ether oxygens (including phenoxy) is 2. The highest BCUT2D eigenvalue weighted by molar-refractivity contribution is 5.86. The van der Waals surface area contributed by atoms with Gasteiger partial charge in [-0.2, -0.15) is 0 Å². The van der Waals surface area contributed by atoms with E-state index >= 15 is 0 Å². The van der Waals surface area contributed by atoms with Crippen molar-refractivity contribution in [3.8, 4) is 0 Å². The first kappa shape index (κ1) is 14.0. The molecule has 0 bridgehead atoms. The van der Waals surface area contributed by atoms with Crippen LogP contribution in [0, 0.1) is 0 Å². The summed E-state index contributed by atoms with van der Waals surface area (Å²) in [5.74, 6) is -0.930. The molecule has 19 heavy (non-hydrogen) atoms. The van der Waals surface area contributed by atoms with E-state index < -0.39 is 11.2 Å². The van der Waals surface area contributed by atoms with Crippen LogP contribution in [0.4, 0.5) is 0 Å². The summed E-state index contributed by atoms with van der Waals surface area (Å²) in [6.07, 6.45) is 4.11. The number of carbonyl (C=O) groups excluding carboxylic acids is 1. The number of pyridine rings is 1. The first-order chi connectivity index (χ1) is 9.08. The number of rotatable bonds is 4. The highest BCUT2D eigenvalue weighted by Crippen LogP contribution is 2.43. The van der Waals surface area contributed by atoms with E-state index in [4.69, 9.17) is 15.2 Å². The van der Waals surface area contributed by atoms with Crippen LogP contribution in [0.3, 0.4) is 0 Å². The van der Waals surface area contributed by atoms with Gasteiger partial charge in [0.25, 0.3) is 0 Å². The average Bonchev–Trinajstić information content (AvgIpc) is 2.48. The van der Waals surface area contributed by atoms with Gasteiger partial charge in [-0.15, -0.1) is 0 Å². The van der Waals surface area contributed by atoms with Gasteiger partial charge in [0.05, 0.1) is 11.1 Å². The molecule has 0 aliphatic heterocycles. The molecule has 0 spiro atoms. The lowest BCUT2D eigenvalue weighted by molar-refractivity contribution is -0.229. The standard InChI is InChI=1S/C14H20N2O3/c1-18-14(19-2)8-6-13(7-9-14,12(15)17)11-5-3-4-10-16-11/h3-5,10H,6-9H2,1-2H3,(H2,15,17). The summed E-state index contributed by atoms with van der Waals surface area (Å²) in [4.78, 5) is 16.3. The molecule has 1 aromatic rings. The van der Waals surface area contributed by atoms with Crippen LogP contribution in [-0.2, 0) is 19.7 Å². The van der Waals surface area contributed by atoms with E-state index in [1.54, 1.807) is 20.4 Å². The molecule has 2 N–H and O–H groups in total. The maximum atomic E-state index is 12.0. The fourth-order valence-electron chi connectivity index (χ4n) is 2.82. The number of nitrogens with two attached hydrogens (primary N) is 1. The van der Waals surface area contributed by atoms with Crippen molar-refractivity contribution in [3.63, 3.8) is 0 Å². The molecule has 5 nitrogen and oxygen atoms in total. The monoisotopic (exact) mass is 264 g/mol. The predicted octanol–water partition coefficient (Wildman–Crippen LogP) is 1.37. The molecule has 0 unspecified atom stereocenters. The van der Waals surface area contributed by atoms with Gasteiger partial charge in [-0.1, -0.05) is 6.07 Å². The summed E-state index contributed by atoms with van der Waals surface area (Å²) in [6, 6.07) is 5.56. The van der Waals surface area contributed by atoms with Crippen molar-refractivity contribution in [2.45, 2.75) is 36.9 Å². The minimum absolute atomic E-state index is 0.327. The van der Waals surface area contributed by atoms with Gasteiger partial charge < -0.3 is 15.2 Å². The number of hydrogen-bond donors (Lipinski definition) is 1. The Morgan fingerprint density at radius 1 is 1.21 bits per heavy atom. The zero-order valence-electron chi connectivity index (χ0n) is 11.4. The number of primary amides is 1. The number of methoxy groups -OCH3 is 2. The van der Waals surface area contributed by atoms with Gasteiger partial charge in [0.2, 0.25) is 5.91 Å². The molecule has 0 radical (unpaired) electrons. The normalized spacial score (nSPS) is 20.9. The van der Waals surface area contributed by atoms with E-state index in [1.807, 2.05) is 18.2 Å². The topological polar surface area (TPSA) is 74.4 Å². The summed E-state index contributed by atoms with van der Waals surface area (Å²) in [7, 11) is 3.25. The van der Waals surface area contributed by atoms with E-state index in [1.165, 1.54) is 0 Å². The Morgan fingerprint density at radius 3 is 2.26 bits per heavy atom. The fourth-order valence-corrected chi connectivity index (χ4v) is 2.82. The quantitative estimate of drug-likeness (QED) is 0.833. The first-order valence-corrected chi connectivity index (χ1v) is 6.40. The third-order valence-corrected chi connectivity index (χ3v) is 4.24. The van der Waals surface area contributed by atoms with Gasteiger partial charge in [-0.05, 0) is 25.0 Å². The van der Waals surface area contributed by atoms with Crippen LogP contribution < -0.4 is 5.73 Å². The predicted molar refractivity (Wildman–Crippen MR) is 70.3 cm³/mol. The third-order valence-electron chi connectivity index (χ3n) is 4.24. The van der Waals surface area contributed by atoms with Gasteiger partial charge in [0.1, 0.15) is 0 Å². The van der Waals surface area contributed by atoms with E-state index in [2.05, 4.69) is 4.98 Å². The third kappa shape index (κ3) is 2.35. The second-order valence-electron chi connectivity index (χ2n) is 4.98. The van der Waals surface area contributed by atoms with Crippen LogP contribution in [0.5, 0.6) is 0 Å². The van der Waals surface area contributed by atoms with E-state index in [-0.39, 0.29) is 5.91 Å². The molecular weight excluding hydrogens is 244 g/mol. The van der Waals surface area contributed by atoms with Gasteiger partial charge >= 0.3 is 0 Å². The van der Waals surface area contributed by atoms with Gasteiger partial charge in [0.15, 0.2) is 5.79 Å². The Balaban J connectivity index is 2.29. The molecule has 5 heteroatoms. The number of aromatic nitrogens is 1. The molecule has 1 fully saturated rings. The molecule has 104 valence electrons. The lowest BCUT2D eigenvalue weighted by Crippen LogP contribution is -2.50. The van der Waals surface area contributed by atoms with E-state index in [0.29, 0.717) is 25.7 Å². The number of hydrogen-bond acceptors (Lipinski definition) is 4. The second-order valence-corrected chi connectivity index (χ2v) is 4.98. The lowest BCUT2D eigenvalue weighted by atomic mass is 9.69. The summed E-state index contributed by atoms with van der Waals surface area (Å²) in [6.45, 7) is 0. The molecule has 0 saturated heterocycles. The maximum absolute atomic E-state index is 12.0. The summed E-state index contributed by atoms with van der Waals surface area (Å²) < 4.78 is 10.9. The average molecular weight is 264 g/mol. The lowest BCUT2D eigenvalue weighted by Gasteiger charge is -2.42. The minimum Gasteiger partial charge on any atom is -0.369 e. The Kier molecular flexibility index (Phi) is 3.87. The SMILES string of the molecule is COC1(OC)CCC(C(N)=O)(c2ccccn2)CC1. The van der Waals surface area contributed by atoms with Crippen LogP contribution >= 0.6 is 0 Å². The first-order valence-electron chi connectivity index (χ1n) is 6.40. The Morgan fingerprint density at radius 2 is 1.84 bits per heavy atom. The van der Waals surface area contributed by atoms with Crippen LogP contribution in [0.15, 0.2) is 24.4 Å². The zero-order chi connectivity index (χ0) is 13.9. The van der Waals surface area contributed by atoms with Crippen molar-refractivity contribution in [2.24, 2.45) is 5.73 Å². The smallest absolute Gasteiger partial charge is 0.229 e. The van der Waals surface area contributed by atoms with Gasteiger partial charge in [-0.25, -0.2) is 0 Å². The van der Waals surface area contributed by atoms with Gasteiger partial charge in [0, 0.05) is 33.3 Å². The molecule has 2 rings (SSSR count). The van der Waals surface area contributed by atoms with Crippen molar-refractivity contribution in [2.75, 3.05) is 14.2 Å².